The molecule has 0 radical (unpaired) electrons. The number of carbonyl (C=O) groups excluding carboxylic acids is 1. The van der Waals surface area contributed by atoms with Crippen LogP contribution < -0.4 is 5.11 Å². The lowest BCUT2D eigenvalue weighted by molar-refractivity contribution is -0.305. The Hall–Kier alpha value is -1.43. The highest BCUT2D eigenvalue weighted by molar-refractivity contribution is 5.64. The molecule has 0 aromatic carbocycles. The van der Waals surface area contributed by atoms with Gasteiger partial charge in [-0.3, -0.25) is 0 Å². The fourth-order valence-electron chi connectivity index (χ4n) is 2.17. The molecular formula is C20H33O5-. The number of hydrogen-bond donors (Lipinski definition) is 3. The summed E-state index contributed by atoms with van der Waals surface area (Å²) in [5.41, 5.74) is 0. The summed E-state index contributed by atoms with van der Waals surface area (Å²) in [5.74, 6) is -1.06. The maximum absolute atomic E-state index is 10.2. The molecule has 0 aromatic heterocycles. The van der Waals surface area contributed by atoms with Gasteiger partial charge in [-0.25, -0.2) is 0 Å². The van der Waals surface area contributed by atoms with Gasteiger partial charge in [-0.1, -0.05) is 56.2 Å². The molecule has 0 rings (SSSR count). The Kier molecular flexibility index (Phi) is 15.1. The maximum atomic E-state index is 10.2. The highest BCUT2D eigenvalue weighted by atomic mass is 16.4. The van der Waals surface area contributed by atoms with Crippen LogP contribution in [0.5, 0.6) is 0 Å². The summed E-state index contributed by atoms with van der Waals surface area (Å²) in [6.45, 7) is 2.15. The van der Waals surface area contributed by atoms with Crippen LogP contribution in [0.15, 0.2) is 36.5 Å². The number of carbonyl (C=O) groups is 1. The van der Waals surface area contributed by atoms with Gasteiger partial charge in [-0.05, 0) is 44.9 Å². The molecule has 0 fully saturated rings. The highest BCUT2D eigenvalue weighted by Crippen LogP contribution is 2.06. The minimum atomic E-state index is -1.06. The number of hydrogen-bond acceptors (Lipinski definition) is 5. The van der Waals surface area contributed by atoms with Gasteiger partial charge in [0, 0.05) is 5.97 Å². The molecule has 3 N–H and O–H groups in total. The molecule has 0 saturated heterocycles. The molecule has 0 saturated carbocycles. The second kappa shape index (κ2) is 16.1. The van der Waals surface area contributed by atoms with Crippen molar-refractivity contribution in [3.05, 3.63) is 36.5 Å². The summed E-state index contributed by atoms with van der Waals surface area (Å²) in [6.07, 6.45) is 14.1. The topological polar surface area (TPSA) is 101 Å². The molecule has 0 spiro atoms. The van der Waals surface area contributed by atoms with E-state index in [1.54, 1.807) is 6.08 Å². The van der Waals surface area contributed by atoms with Crippen molar-refractivity contribution in [2.75, 3.05) is 0 Å². The zero-order valence-corrected chi connectivity index (χ0v) is 15.2. The molecule has 0 aliphatic carbocycles. The van der Waals surface area contributed by atoms with Crippen LogP contribution in [0.4, 0.5) is 0 Å². The van der Waals surface area contributed by atoms with E-state index in [9.17, 15) is 25.2 Å². The van der Waals surface area contributed by atoms with E-state index in [0.717, 1.165) is 12.8 Å². The number of aliphatic carboxylic acids is 1. The first-order valence-electron chi connectivity index (χ1n) is 9.19. The molecule has 144 valence electrons. The fraction of sp³-hybridized carbons (Fsp3) is 0.650. The third-order valence-electron chi connectivity index (χ3n) is 3.74. The first-order chi connectivity index (χ1) is 12.0. The second-order valence-corrected chi connectivity index (χ2v) is 6.18. The average molecular weight is 353 g/mol. The lowest BCUT2D eigenvalue weighted by Crippen LogP contribution is -2.23. The van der Waals surface area contributed by atoms with E-state index in [0.29, 0.717) is 25.7 Å². The van der Waals surface area contributed by atoms with Gasteiger partial charge < -0.3 is 25.2 Å². The maximum Gasteiger partial charge on any atom is 0.0983 e. The predicted molar refractivity (Wildman–Crippen MR) is 97.7 cm³/mol. The second-order valence-electron chi connectivity index (χ2n) is 6.18. The number of carboxylic acid groups (broad SMARTS) is 1. The normalized spacial score (nSPS) is 16.0. The highest BCUT2D eigenvalue weighted by Gasteiger charge is 2.11. The number of unbranched alkanes of at least 4 members (excludes halogenated alkanes) is 4. The van der Waals surface area contributed by atoms with Crippen LogP contribution in [0.2, 0.25) is 0 Å². The summed E-state index contributed by atoms with van der Waals surface area (Å²) in [6, 6.07) is 0. The van der Waals surface area contributed by atoms with Crippen molar-refractivity contribution >= 4 is 5.97 Å². The van der Waals surface area contributed by atoms with Gasteiger partial charge >= 0.3 is 0 Å². The van der Waals surface area contributed by atoms with Gasteiger partial charge in [0.05, 0.1) is 18.3 Å². The quantitative estimate of drug-likeness (QED) is 0.309. The first-order valence-corrected chi connectivity index (χ1v) is 9.19. The Labute approximate surface area is 151 Å². The number of aliphatic hydroxyl groups excluding tert-OH is 3. The molecule has 0 heterocycles. The third-order valence-corrected chi connectivity index (χ3v) is 3.74. The third kappa shape index (κ3) is 15.8. The van der Waals surface area contributed by atoms with E-state index in [2.05, 4.69) is 6.92 Å². The molecule has 0 aliphatic heterocycles. The SMILES string of the molecule is CCCCC/C=C\C[C@@H](O)C(O)/C=C/C(O)C/C=C\CCCC(=O)[O-]. The van der Waals surface area contributed by atoms with Gasteiger partial charge in [-0.15, -0.1) is 0 Å². The van der Waals surface area contributed by atoms with Crippen molar-refractivity contribution in [1.82, 2.24) is 0 Å². The molecule has 0 bridgehead atoms. The largest absolute Gasteiger partial charge is 0.550 e. The monoisotopic (exact) mass is 353 g/mol. The summed E-state index contributed by atoms with van der Waals surface area (Å²) in [4.78, 5) is 10.2. The number of rotatable bonds is 15. The van der Waals surface area contributed by atoms with Crippen molar-refractivity contribution in [3.63, 3.8) is 0 Å². The van der Waals surface area contributed by atoms with Crippen molar-refractivity contribution in [2.45, 2.75) is 83.0 Å². The van der Waals surface area contributed by atoms with E-state index in [-0.39, 0.29) is 6.42 Å². The zero-order valence-electron chi connectivity index (χ0n) is 15.2. The number of aliphatic hydroxyl groups is 3. The lowest BCUT2D eigenvalue weighted by atomic mass is 10.1. The van der Waals surface area contributed by atoms with Gasteiger partial charge in [0.25, 0.3) is 0 Å². The van der Waals surface area contributed by atoms with Crippen molar-refractivity contribution in [3.8, 4) is 0 Å². The fourth-order valence-corrected chi connectivity index (χ4v) is 2.17. The Morgan fingerprint density at radius 3 is 2.20 bits per heavy atom. The van der Waals surface area contributed by atoms with Gasteiger partial charge in [0.15, 0.2) is 0 Å². The van der Waals surface area contributed by atoms with E-state index in [4.69, 9.17) is 0 Å². The summed E-state index contributed by atoms with van der Waals surface area (Å²) >= 11 is 0. The average Bonchev–Trinajstić information content (AvgIpc) is 2.58. The van der Waals surface area contributed by atoms with E-state index >= 15 is 0 Å². The number of carboxylic acids is 1. The molecular weight excluding hydrogens is 320 g/mol. The van der Waals surface area contributed by atoms with Gasteiger partial charge in [0.1, 0.15) is 0 Å². The summed E-state index contributed by atoms with van der Waals surface area (Å²) in [7, 11) is 0. The molecule has 0 amide bonds. The van der Waals surface area contributed by atoms with Crippen LogP contribution in [-0.4, -0.2) is 39.6 Å². The molecule has 0 aromatic rings. The van der Waals surface area contributed by atoms with Crippen LogP contribution >= 0.6 is 0 Å². The lowest BCUT2D eigenvalue weighted by Gasteiger charge is -2.13. The number of allylic oxidation sites excluding steroid dienone is 2. The molecule has 5 heteroatoms. The van der Waals surface area contributed by atoms with E-state index in [1.807, 2.05) is 18.2 Å². The van der Waals surface area contributed by atoms with Crippen molar-refractivity contribution < 1.29 is 25.2 Å². The van der Waals surface area contributed by atoms with Crippen LogP contribution in [-0.2, 0) is 4.79 Å². The van der Waals surface area contributed by atoms with Crippen LogP contribution in [0.25, 0.3) is 0 Å². The molecule has 0 aliphatic rings. The predicted octanol–water partition coefficient (Wildman–Crippen LogP) is 2.02. The molecule has 2 unspecified atom stereocenters. The summed E-state index contributed by atoms with van der Waals surface area (Å²) < 4.78 is 0. The standard InChI is InChI=1S/C20H34O5/c1-2-3-4-5-6-10-13-18(22)19(23)16-15-17(21)12-9-7-8-11-14-20(24)25/h6-7,9-10,15-19,21-23H,2-5,8,11-14H2,1H3,(H,24,25)/p-1/b9-7-,10-6-,16-15+/t17?,18-,19?/m1/s1. The molecule has 3 atom stereocenters. The Morgan fingerprint density at radius 2 is 1.56 bits per heavy atom. The summed E-state index contributed by atoms with van der Waals surface area (Å²) in [5, 5.41) is 39.7. The minimum absolute atomic E-state index is 0.0317. The van der Waals surface area contributed by atoms with Gasteiger partial charge in [-0.2, -0.15) is 0 Å². The van der Waals surface area contributed by atoms with Crippen molar-refractivity contribution in [1.29, 1.82) is 0 Å². The molecule has 25 heavy (non-hydrogen) atoms. The van der Waals surface area contributed by atoms with E-state index < -0.39 is 24.3 Å². The van der Waals surface area contributed by atoms with Gasteiger partial charge in [0.2, 0.25) is 0 Å². The smallest absolute Gasteiger partial charge is 0.0983 e. The minimum Gasteiger partial charge on any atom is -0.550 e. The molecule has 5 nitrogen and oxygen atoms in total. The van der Waals surface area contributed by atoms with Crippen molar-refractivity contribution in [2.24, 2.45) is 0 Å². The Balaban J connectivity index is 3.91. The Bertz CT molecular complexity index is 414. The van der Waals surface area contributed by atoms with Crippen LogP contribution in [0.3, 0.4) is 0 Å². The van der Waals surface area contributed by atoms with Crippen LogP contribution in [0, 0.1) is 0 Å². The Morgan fingerprint density at radius 1 is 0.920 bits per heavy atom. The zero-order chi connectivity index (χ0) is 18.9. The first kappa shape index (κ1) is 23.6. The van der Waals surface area contributed by atoms with E-state index in [1.165, 1.54) is 25.0 Å². The van der Waals surface area contributed by atoms with Crippen LogP contribution in [0.1, 0.15) is 64.7 Å².